The van der Waals surface area contributed by atoms with E-state index in [4.69, 9.17) is 4.74 Å². The largest absolute Gasteiger partial charge is 0.382 e. The zero-order chi connectivity index (χ0) is 15.9. The number of aromatic nitrogens is 2. The van der Waals surface area contributed by atoms with Crippen LogP contribution >= 0.6 is 0 Å². The number of methoxy groups -OCH3 is 1. The summed E-state index contributed by atoms with van der Waals surface area (Å²) in [6.07, 6.45) is 4.36. The van der Waals surface area contributed by atoms with Crippen molar-refractivity contribution in [1.29, 1.82) is 0 Å². The summed E-state index contributed by atoms with van der Waals surface area (Å²) in [6, 6.07) is 1.66. The monoisotopic (exact) mass is 308 g/mol. The van der Waals surface area contributed by atoms with Crippen LogP contribution in [0.1, 0.15) is 37.4 Å². The maximum atomic E-state index is 12.1. The van der Waals surface area contributed by atoms with Crippen LogP contribution in [0.5, 0.6) is 0 Å². The van der Waals surface area contributed by atoms with Crippen molar-refractivity contribution in [2.75, 3.05) is 26.8 Å². The lowest BCUT2D eigenvalue weighted by Gasteiger charge is -2.19. The van der Waals surface area contributed by atoms with Crippen LogP contribution < -0.4 is 5.32 Å². The van der Waals surface area contributed by atoms with Crippen molar-refractivity contribution >= 4 is 11.8 Å². The molecule has 1 N–H and O–H groups in total. The summed E-state index contributed by atoms with van der Waals surface area (Å²) in [4.78, 5) is 25.4. The molecule has 1 aliphatic heterocycles. The number of nitrogens with zero attached hydrogens (tertiary/aromatic N) is 3. The first-order valence-corrected chi connectivity index (χ1v) is 7.65. The van der Waals surface area contributed by atoms with Gasteiger partial charge in [-0.05, 0) is 18.9 Å². The molecule has 22 heavy (non-hydrogen) atoms. The molecule has 2 heterocycles. The van der Waals surface area contributed by atoms with Gasteiger partial charge in [0.25, 0.3) is 0 Å². The van der Waals surface area contributed by atoms with E-state index in [1.54, 1.807) is 18.0 Å². The van der Waals surface area contributed by atoms with Crippen LogP contribution in [0, 0.1) is 0 Å². The van der Waals surface area contributed by atoms with Crippen molar-refractivity contribution in [3.05, 3.63) is 18.0 Å². The summed E-state index contributed by atoms with van der Waals surface area (Å²) in [6.45, 7) is 1.88. The zero-order valence-corrected chi connectivity index (χ0v) is 13.2. The second-order valence-electron chi connectivity index (χ2n) is 5.54. The Morgan fingerprint density at radius 2 is 2.36 bits per heavy atom. The number of hydrogen-bond donors (Lipinski definition) is 1. The van der Waals surface area contributed by atoms with Gasteiger partial charge in [0.15, 0.2) is 0 Å². The van der Waals surface area contributed by atoms with Crippen LogP contribution in [0.2, 0.25) is 0 Å². The van der Waals surface area contributed by atoms with Gasteiger partial charge in [0.1, 0.15) is 0 Å². The molecule has 0 aliphatic carbocycles. The van der Waals surface area contributed by atoms with Gasteiger partial charge in [0.2, 0.25) is 11.8 Å². The maximum Gasteiger partial charge on any atom is 0.222 e. The Balaban J connectivity index is 1.78. The molecule has 7 heteroatoms. The summed E-state index contributed by atoms with van der Waals surface area (Å²) >= 11 is 0. The smallest absolute Gasteiger partial charge is 0.222 e. The minimum atomic E-state index is -0.210. The van der Waals surface area contributed by atoms with E-state index < -0.39 is 0 Å². The first-order valence-electron chi connectivity index (χ1n) is 7.65. The van der Waals surface area contributed by atoms with Gasteiger partial charge in [-0.1, -0.05) is 0 Å². The van der Waals surface area contributed by atoms with E-state index in [1.807, 2.05) is 18.0 Å². The molecular formula is C15H24N4O3. The van der Waals surface area contributed by atoms with Crippen molar-refractivity contribution in [1.82, 2.24) is 20.0 Å². The van der Waals surface area contributed by atoms with E-state index in [2.05, 4.69) is 10.4 Å². The van der Waals surface area contributed by atoms with E-state index in [9.17, 15) is 9.59 Å². The van der Waals surface area contributed by atoms with E-state index >= 15 is 0 Å². The molecule has 2 rings (SSSR count). The number of carbonyl (C=O) groups is 2. The van der Waals surface area contributed by atoms with Gasteiger partial charge in [-0.3, -0.25) is 14.3 Å². The highest BCUT2D eigenvalue weighted by Crippen LogP contribution is 2.13. The number of amides is 2. The molecule has 0 aromatic carbocycles. The summed E-state index contributed by atoms with van der Waals surface area (Å²) in [5, 5.41) is 7.09. The van der Waals surface area contributed by atoms with Crippen LogP contribution in [0.4, 0.5) is 0 Å². The number of nitrogens with one attached hydrogen (secondary N) is 1. The van der Waals surface area contributed by atoms with Crippen LogP contribution in [0.25, 0.3) is 0 Å². The van der Waals surface area contributed by atoms with E-state index in [-0.39, 0.29) is 17.9 Å². The van der Waals surface area contributed by atoms with Gasteiger partial charge >= 0.3 is 0 Å². The first-order chi connectivity index (χ1) is 10.6. The molecule has 1 aromatic rings. The lowest BCUT2D eigenvalue weighted by atomic mass is 10.2. The van der Waals surface area contributed by atoms with Crippen LogP contribution in [0.3, 0.4) is 0 Å². The van der Waals surface area contributed by atoms with Gasteiger partial charge in [-0.2, -0.15) is 5.10 Å². The van der Waals surface area contributed by atoms with Crippen LogP contribution in [-0.4, -0.2) is 53.3 Å². The molecule has 7 nitrogen and oxygen atoms in total. The predicted molar refractivity (Wildman–Crippen MR) is 81.0 cm³/mol. The summed E-state index contributed by atoms with van der Waals surface area (Å²) in [5.74, 6) is 0.169. The van der Waals surface area contributed by atoms with Gasteiger partial charge in [0, 0.05) is 46.3 Å². The Morgan fingerprint density at radius 1 is 1.55 bits per heavy atom. The molecule has 1 saturated heterocycles. The fourth-order valence-electron chi connectivity index (χ4n) is 2.73. The summed E-state index contributed by atoms with van der Waals surface area (Å²) in [7, 11) is 3.44. The topological polar surface area (TPSA) is 76.5 Å². The Bertz CT molecular complexity index is 515. The Labute approximate surface area is 130 Å². The number of rotatable bonds is 8. The van der Waals surface area contributed by atoms with E-state index in [0.29, 0.717) is 32.4 Å². The molecule has 1 atom stereocenters. The third-order valence-corrected chi connectivity index (χ3v) is 3.89. The third-order valence-electron chi connectivity index (χ3n) is 3.89. The molecule has 0 saturated carbocycles. The molecular weight excluding hydrogens is 284 g/mol. The summed E-state index contributed by atoms with van der Waals surface area (Å²) < 4.78 is 6.90. The molecule has 1 aromatic heterocycles. The third kappa shape index (κ3) is 4.30. The predicted octanol–water partition coefficient (Wildman–Crippen LogP) is 0.626. The standard InChI is InChI=1S/C15H24N4O3/c1-18-13(7-8-16-18)12(11-22-2)17-14(20)5-3-9-19-10-4-6-15(19)21/h7-8,12H,3-6,9-11H2,1-2H3,(H,17,20)/t12-/m0/s1. The van der Waals surface area contributed by atoms with Crippen molar-refractivity contribution < 1.29 is 14.3 Å². The SMILES string of the molecule is COC[C@H](NC(=O)CCCN1CCCC1=O)c1ccnn1C. The summed E-state index contributed by atoms with van der Waals surface area (Å²) in [5.41, 5.74) is 0.907. The second-order valence-corrected chi connectivity index (χ2v) is 5.54. The fourth-order valence-corrected chi connectivity index (χ4v) is 2.73. The minimum absolute atomic E-state index is 0.0325. The number of hydrogen-bond acceptors (Lipinski definition) is 4. The van der Waals surface area contributed by atoms with Crippen molar-refractivity contribution in [3.8, 4) is 0 Å². The van der Waals surface area contributed by atoms with Crippen LogP contribution in [-0.2, 0) is 21.4 Å². The van der Waals surface area contributed by atoms with Crippen molar-refractivity contribution in [3.63, 3.8) is 0 Å². The molecule has 0 spiro atoms. The van der Waals surface area contributed by atoms with Gasteiger partial charge in [-0.15, -0.1) is 0 Å². The number of ether oxygens (including phenoxy) is 1. The van der Waals surface area contributed by atoms with Crippen LogP contribution in [0.15, 0.2) is 12.3 Å². The molecule has 1 aliphatic rings. The van der Waals surface area contributed by atoms with Crippen molar-refractivity contribution in [2.45, 2.75) is 31.7 Å². The maximum absolute atomic E-state index is 12.1. The molecule has 2 amide bonds. The lowest BCUT2D eigenvalue weighted by molar-refractivity contribution is -0.128. The average molecular weight is 308 g/mol. The number of aryl methyl sites for hydroxylation is 1. The first kappa shape index (κ1) is 16.5. The molecule has 0 bridgehead atoms. The lowest BCUT2D eigenvalue weighted by Crippen LogP contribution is -2.33. The number of carbonyl (C=O) groups excluding carboxylic acids is 2. The zero-order valence-electron chi connectivity index (χ0n) is 13.2. The highest BCUT2D eigenvalue weighted by molar-refractivity contribution is 5.78. The number of likely N-dealkylation sites (tertiary alicyclic amines) is 1. The quantitative estimate of drug-likeness (QED) is 0.764. The molecule has 1 fully saturated rings. The van der Waals surface area contributed by atoms with Gasteiger partial charge < -0.3 is 15.0 Å². The second kappa shape index (κ2) is 7.93. The van der Waals surface area contributed by atoms with Gasteiger partial charge in [-0.25, -0.2) is 0 Å². The van der Waals surface area contributed by atoms with E-state index in [1.165, 1.54) is 0 Å². The molecule has 0 radical (unpaired) electrons. The molecule has 122 valence electrons. The Hall–Kier alpha value is -1.89. The van der Waals surface area contributed by atoms with Crippen molar-refractivity contribution in [2.24, 2.45) is 7.05 Å². The minimum Gasteiger partial charge on any atom is -0.382 e. The molecule has 0 unspecified atom stereocenters. The Morgan fingerprint density at radius 3 is 2.95 bits per heavy atom. The van der Waals surface area contributed by atoms with E-state index in [0.717, 1.165) is 18.7 Å². The fraction of sp³-hybridized carbons (Fsp3) is 0.667. The average Bonchev–Trinajstić information content (AvgIpc) is 3.07. The highest BCUT2D eigenvalue weighted by Gasteiger charge is 2.21. The Kier molecular flexibility index (Phi) is 5.94. The van der Waals surface area contributed by atoms with Gasteiger partial charge in [0.05, 0.1) is 18.3 Å². The highest BCUT2D eigenvalue weighted by atomic mass is 16.5. The normalized spacial score (nSPS) is 16.1.